The van der Waals surface area contributed by atoms with Crippen LogP contribution in [0.25, 0.3) is 0 Å². The molecule has 1 fully saturated rings. The standard InChI is InChI=1S/C36H30F8N2O6S/c37-29-30(38)32(40)34(33(41)31(29)39)53(51,52)45(17-20-8-12-24(13-9-20)36(42,43)44)19-28(48)46(25-14-15-26(35(49)50)27(47)16-25)18-21-6-10-23(11-7-21)22-4-2-1-3-5-22/h6-16,22,47H,1-5,17-19H2,(H,49,50). The molecule has 0 saturated heterocycles. The van der Waals surface area contributed by atoms with Gasteiger partial charge in [-0.15, -0.1) is 0 Å². The minimum atomic E-state index is -5.85. The van der Waals surface area contributed by atoms with Crippen LogP contribution in [0.5, 0.6) is 5.75 Å². The Labute approximate surface area is 297 Å². The van der Waals surface area contributed by atoms with Gasteiger partial charge in [-0.05, 0) is 59.7 Å². The maximum atomic E-state index is 14.9. The average molecular weight is 771 g/mol. The van der Waals surface area contributed by atoms with Crippen molar-refractivity contribution in [2.75, 3.05) is 11.4 Å². The lowest BCUT2D eigenvalue weighted by molar-refractivity contribution is -0.137. The fourth-order valence-electron chi connectivity index (χ4n) is 6.11. The summed E-state index contributed by atoms with van der Waals surface area (Å²) < 4.78 is 139. The van der Waals surface area contributed by atoms with Gasteiger partial charge < -0.3 is 15.1 Å². The Hall–Kier alpha value is -5.03. The molecule has 0 atom stereocenters. The average Bonchev–Trinajstić information content (AvgIpc) is 3.12. The van der Waals surface area contributed by atoms with Gasteiger partial charge in [0.1, 0.15) is 11.3 Å². The summed E-state index contributed by atoms with van der Waals surface area (Å²) in [6.45, 7) is -2.82. The zero-order valence-electron chi connectivity index (χ0n) is 27.4. The van der Waals surface area contributed by atoms with E-state index in [1.54, 1.807) is 12.1 Å². The molecule has 0 aromatic heterocycles. The van der Waals surface area contributed by atoms with E-state index in [1.807, 2.05) is 12.1 Å². The van der Waals surface area contributed by atoms with Crippen molar-refractivity contribution < 1.29 is 63.3 Å². The Morgan fingerprint density at radius 2 is 1.26 bits per heavy atom. The largest absolute Gasteiger partial charge is 0.507 e. The minimum Gasteiger partial charge on any atom is -0.507 e. The monoisotopic (exact) mass is 770 g/mol. The summed E-state index contributed by atoms with van der Waals surface area (Å²) in [6.07, 6.45) is 0.376. The van der Waals surface area contributed by atoms with Crippen LogP contribution in [0.1, 0.15) is 70.6 Å². The van der Waals surface area contributed by atoms with Crippen molar-refractivity contribution in [2.45, 2.75) is 62.2 Å². The van der Waals surface area contributed by atoms with Crippen molar-refractivity contribution in [3.8, 4) is 5.75 Å². The van der Waals surface area contributed by atoms with Crippen LogP contribution in [0.2, 0.25) is 0 Å². The summed E-state index contributed by atoms with van der Waals surface area (Å²) in [4.78, 5) is 24.2. The van der Waals surface area contributed by atoms with Gasteiger partial charge >= 0.3 is 12.1 Å². The number of hydrogen-bond acceptors (Lipinski definition) is 5. The Bertz CT molecular complexity index is 2090. The van der Waals surface area contributed by atoms with Gasteiger partial charge in [-0.2, -0.15) is 17.5 Å². The second-order valence-corrected chi connectivity index (χ2v) is 14.3. The number of benzene rings is 4. The Morgan fingerprint density at radius 1 is 0.736 bits per heavy atom. The highest BCUT2D eigenvalue weighted by atomic mass is 32.2. The zero-order chi connectivity index (χ0) is 38.8. The second kappa shape index (κ2) is 15.5. The number of aromatic carboxylic acids is 1. The molecule has 0 heterocycles. The summed E-state index contributed by atoms with van der Waals surface area (Å²) in [5.41, 5.74) is -0.681. The van der Waals surface area contributed by atoms with Crippen LogP contribution in [-0.2, 0) is 34.1 Å². The van der Waals surface area contributed by atoms with Crippen molar-refractivity contribution in [3.05, 3.63) is 124 Å². The van der Waals surface area contributed by atoms with Crippen LogP contribution in [-0.4, -0.2) is 41.4 Å². The third kappa shape index (κ3) is 8.46. The molecule has 1 amide bonds. The highest BCUT2D eigenvalue weighted by molar-refractivity contribution is 7.89. The van der Waals surface area contributed by atoms with E-state index in [1.165, 1.54) is 0 Å². The molecular weight excluding hydrogens is 740 g/mol. The smallest absolute Gasteiger partial charge is 0.416 e. The summed E-state index contributed by atoms with van der Waals surface area (Å²) in [5, 5.41) is 19.8. The first-order valence-electron chi connectivity index (χ1n) is 16.0. The molecule has 282 valence electrons. The van der Waals surface area contributed by atoms with Crippen molar-refractivity contribution in [1.29, 1.82) is 0 Å². The lowest BCUT2D eigenvalue weighted by Crippen LogP contribution is -2.43. The first-order chi connectivity index (χ1) is 24.9. The van der Waals surface area contributed by atoms with Gasteiger partial charge in [0, 0.05) is 18.3 Å². The van der Waals surface area contributed by atoms with E-state index >= 15 is 0 Å². The van der Waals surface area contributed by atoms with Gasteiger partial charge in [0.25, 0.3) is 0 Å². The predicted octanol–water partition coefficient (Wildman–Crippen LogP) is 8.28. The van der Waals surface area contributed by atoms with Crippen molar-refractivity contribution in [1.82, 2.24) is 4.31 Å². The minimum absolute atomic E-state index is 0.0286. The number of alkyl halides is 3. The molecule has 4 aromatic rings. The van der Waals surface area contributed by atoms with E-state index in [2.05, 4.69) is 0 Å². The van der Waals surface area contributed by atoms with Crippen LogP contribution in [0.3, 0.4) is 0 Å². The fraction of sp³-hybridized carbons (Fsp3) is 0.278. The number of carbonyl (C=O) groups excluding carboxylic acids is 1. The van der Waals surface area contributed by atoms with Crippen LogP contribution in [0.4, 0.5) is 40.8 Å². The van der Waals surface area contributed by atoms with E-state index in [0.29, 0.717) is 23.6 Å². The number of amides is 1. The third-order valence-corrected chi connectivity index (χ3v) is 10.8. The number of phenols is 1. The second-order valence-electron chi connectivity index (χ2n) is 12.4. The molecule has 0 unspecified atom stereocenters. The molecule has 0 bridgehead atoms. The summed E-state index contributed by atoms with van der Waals surface area (Å²) in [6, 6.07) is 12.7. The third-order valence-electron chi connectivity index (χ3n) is 8.94. The maximum Gasteiger partial charge on any atom is 0.416 e. The van der Waals surface area contributed by atoms with E-state index in [-0.39, 0.29) is 22.1 Å². The Balaban J connectivity index is 1.57. The lowest BCUT2D eigenvalue weighted by atomic mass is 9.84. The summed E-state index contributed by atoms with van der Waals surface area (Å²) in [7, 11) is -5.85. The number of aromatic hydroxyl groups is 1. The molecule has 0 spiro atoms. The van der Waals surface area contributed by atoms with Crippen LogP contribution in [0, 0.1) is 29.1 Å². The number of carbonyl (C=O) groups is 2. The van der Waals surface area contributed by atoms with Crippen LogP contribution in [0.15, 0.2) is 71.6 Å². The quantitative estimate of drug-likeness (QED) is 0.0902. The van der Waals surface area contributed by atoms with E-state index < -0.39 is 92.0 Å². The van der Waals surface area contributed by atoms with Gasteiger partial charge in [-0.1, -0.05) is 55.7 Å². The first kappa shape index (κ1) is 39.2. The molecule has 5 rings (SSSR count). The van der Waals surface area contributed by atoms with Gasteiger partial charge in [0.2, 0.25) is 21.7 Å². The van der Waals surface area contributed by atoms with Gasteiger partial charge in [-0.3, -0.25) is 4.79 Å². The molecule has 1 saturated carbocycles. The lowest BCUT2D eigenvalue weighted by Gasteiger charge is -2.28. The van der Waals surface area contributed by atoms with Crippen molar-refractivity contribution in [3.63, 3.8) is 0 Å². The number of nitrogens with zero attached hydrogens (tertiary/aromatic N) is 2. The number of rotatable bonds is 11. The van der Waals surface area contributed by atoms with E-state index in [9.17, 15) is 63.3 Å². The van der Waals surface area contributed by atoms with Crippen LogP contribution < -0.4 is 4.90 Å². The fourth-order valence-corrected chi connectivity index (χ4v) is 7.60. The SMILES string of the molecule is O=C(O)c1ccc(N(Cc2ccc(C3CCCCC3)cc2)C(=O)CN(Cc2ccc(C(F)(F)F)cc2)S(=O)(=O)c2c(F)c(F)c(F)c(F)c2F)cc1O. The molecular formula is C36H30F8N2O6S. The van der Waals surface area contributed by atoms with Crippen molar-refractivity contribution in [2.24, 2.45) is 0 Å². The molecule has 1 aliphatic carbocycles. The van der Waals surface area contributed by atoms with Gasteiger partial charge in [0.15, 0.2) is 28.2 Å². The molecule has 17 heteroatoms. The molecule has 53 heavy (non-hydrogen) atoms. The predicted molar refractivity (Wildman–Crippen MR) is 174 cm³/mol. The summed E-state index contributed by atoms with van der Waals surface area (Å²) >= 11 is 0. The van der Waals surface area contributed by atoms with E-state index in [0.717, 1.165) is 72.9 Å². The number of anilines is 1. The highest BCUT2D eigenvalue weighted by Crippen LogP contribution is 2.35. The number of hydrogen-bond donors (Lipinski definition) is 2. The topological polar surface area (TPSA) is 115 Å². The van der Waals surface area contributed by atoms with Gasteiger partial charge in [-0.25, -0.2) is 35.2 Å². The molecule has 0 aliphatic heterocycles. The molecule has 2 N–H and O–H groups in total. The highest BCUT2D eigenvalue weighted by Gasteiger charge is 2.39. The van der Waals surface area contributed by atoms with Gasteiger partial charge in [0.05, 0.1) is 18.7 Å². The molecule has 4 aromatic carbocycles. The number of halogens is 8. The maximum absolute atomic E-state index is 14.9. The molecule has 1 aliphatic rings. The number of carboxylic acid groups (broad SMARTS) is 1. The zero-order valence-corrected chi connectivity index (χ0v) is 28.3. The van der Waals surface area contributed by atoms with Crippen molar-refractivity contribution >= 4 is 27.6 Å². The molecule has 8 nitrogen and oxygen atoms in total. The molecule has 0 radical (unpaired) electrons. The first-order valence-corrected chi connectivity index (χ1v) is 17.5. The number of sulfonamides is 1. The van der Waals surface area contributed by atoms with Crippen LogP contribution >= 0.6 is 0 Å². The summed E-state index contributed by atoms with van der Waals surface area (Å²) in [5.74, 6) is -16.6. The number of carboxylic acids is 1. The Kier molecular flexibility index (Phi) is 11.5. The van der Waals surface area contributed by atoms with E-state index in [4.69, 9.17) is 0 Å². The Morgan fingerprint density at radius 3 is 1.79 bits per heavy atom. The normalized spacial score (nSPS) is 14.1.